The minimum Gasteiger partial charge on any atom is -0.305 e. The fourth-order valence-corrected chi connectivity index (χ4v) is 1.99. The molecule has 2 rings (SSSR count). The van der Waals surface area contributed by atoms with Gasteiger partial charge in [-0.2, -0.15) is 0 Å². The van der Waals surface area contributed by atoms with Crippen LogP contribution >= 0.6 is 11.8 Å². The SMILES string of the molecule is CSC1=NC(c2ccccc2)CC(=O)N1. The molecule has 0 fully saturated rings. The van der Waals surface area contributed by atoms with Crippen LogP contribution in [0.5, 0.6) is 0 Å². The highest BCUT2D eigenvalue weighted by Gasteiger charge is 2.21. The fourth-order valence-electron chi connectivity index (χ4n) is 1.54. The van der Waals surface area contributed by atoms with Gasteiger partial charge in [-0.3, -0.25) is 9.79 Å². The second-order valence-corrected chi connectivity index (χ2v) is 4.11. The number of carbonyl (C=O) groups is 1. The number of nitrogens with one attached hydrogen (secondary N) is 1. The summed E-state index contributed by atoms with van der Waals surface area (Å²) in [5.41, 5.74) is 1.10. The highest BCUT2D eigenvalue weighted by Crippen LogP contribution is 2.24. The van der Waals surface area contributed by atoms with Crippen LogP contribution in [0.25, 0.3) is 0 Å². The summed E-state index contributed by atoms with van der Waals surface area (Å²) in [5, 5.41) is 3.45. The standard InChI is InChI=1S/C11H12N2OS/c1-15-11-12-9(7-10(14)13-11)8-5-3-2-4-6-8/h2-6,9H,7H2,1H3,(H,12,13,14). The number of nitrogens with zero attached hydrogens (tertiary/aromatic N) is 1. The Morgan fingerprint density at radius 1 is 1.40 bits per heavy atom. The first-order chi connectivity index (χ1) is 7.29. The molecule has 0 saturated heterocycles. The molecule has 0 bridgehead atoms. The van der Waals surface area contributed by atoms with Gasteiger partial charge in [0.25, 0.3) is 0 Å². The number of aliphatic imine (C=N–C) groups is 1. The lowest BCUT2D eigenvalue weighted by Gasteiger charge is -2.19. The monoisotopic (exact) mass is 220 g/mol. The van der Waals surface area contributed by atoms with Gasteiger partial charge in [-0.25, -0.2) is 0 Å². The van der Waals surface area contributed by atoms with Gasteiger partial charge in [0.1, 0.15) is 0 Å². The Balaban J connectivity index is 2.26. The molecule has 1 amide bonds. The summed E-state index contributed by atoms with van der Waals surface area (Å²) in [5.74, 6) is 0.0446. The summed E-state index contributed by atoms with van der Waals surface area (Å²) in [6, 6.07) is 9.88. The summed E-state index contributed by atoms with van der Waals surface area (Å²) in [6.45, 7) is 0. The summed E-state index contributed by atoms with van der Waals surface area (Å²) in [4.78, 5) is 15.9. The zero-order chi connectivity index (χ0) is 10.7. The quantitative estimate of drug-likeness (QED) is 0.786. The first kappa shape index (κ1) is 10.2. The van der Waals surface area contributed by atoms with E-state index in [0.29, 0.717) is 11.6 Å². The van der Waals surface area contributed by atoms with Crippen molar-refractivity contribution in [1.29, 1.82) is 0 Å². The van der Waals surface area contributed by atoms with E-state index in [2.05, 4.69) is 10.3 Å². The van der Waals surface area contributed by atoms with Gasteiger partial charge >= 0.3 is 0 Å². The van der Waals surface area contributed by atoms with E-state index in [9.17, 15) is 4.79 Å². The molecule has 0 aliphatic carbocycles. The van der Waals surface area contributed by atoms with Gasteiger partial charge in [0.15, 0.2) is 5.17 Å². The Kier molecular flexibility index (Phi) is 3.06. The van der Waals surface area contributed by atoms with Crippen LogP contribution in [-0.4, -0.2) is 17.3 Å². The molecular weight excluding hydrogens is 208 g/mol. The molecule has 1 aromatic carbocycles. The number of thioether (sulfide) groups is 1. The minimum absolute atomic E-state index is 0.0256. The summed E-state index contributed by atoms with van der Waals surface area (Å²) in [7, 11) is 0. The average molecular weight is 220 g/mol. The molecule has 1 aliphatic heterocycles. The molecule has 0 spiro atoms. The number of hydrogen-bond donors (Lipinski definition) is 1. The van der Waals surface area contributed by atoms with Crippen molar-refractivity contribution in [2.75, 3.05) is 6.26 Å². The normalized spacial score (nSPS) is 20.7. The van der Waals surface area contributed by atoms with Crippen molar-refractivity contribution >= 4 is 22.8 Å². The fraction of sp³-hybridized carbons (Fsp3) is 0.273. The van der Waals surface area contributed by atoms with Gasteiger partial charge < -0.3 is 5.32 Å². The maximum absolute atomic E-state index is 11.4. The Morgan fingerprint density at radius 3 is 2.80 bits per heavy atom. The largest absolute Gasteiger partial charge is 0.305 e. The first-order valence-electron chi connectivity index (χ1n) is 4.76. The van der Waals surface area contributed by atoms with Crippen molar-refractivity contribution in [2.45, 2.75) is 12.5 Å². The molecule has 78 valence electrons. The van der Waals surface area contributed by atoms with Crippen molar-refractivity contribution in [1.82, 2.24) is 5.32 Å². The van der Waals surface area contributed by atoms with Crippen molar-refractivity contribution in [2.24, 2.45) is 4.99 Å². The number of rotatable bonds is 1. The van der Waals surface area contributed by atoms with Crippen LogP contribution in [0.3, 0.4) is 0 Å². The van der Waals surface area contributed by atoms with E-state index < -0.39 is 0 Å². The molecule has 0 saturated carbocycles. The lowest BCUT2D eigenvalue weighted by molar-refractivity contribution is -0.120. The van der Waals surface area contributed by atoms with Gasteiger partial charge in [0.2, 0.25) is 5.91 Å². The van der Waals surface area contributed by atoms with Gasteiger partial charge in [-0.05, 0) is 11.8 Å². The van der Waals surface area contributed by atoms with Gasteiger partial charge in [-0.15, -0.1) is 0 Å². The molecular formula is C11H12N2OS. The minimum atomic E-state index is -0.0256. The van der Waals surface area contributed by atoms with Gasteiger partial charge in [0, 0.05) is 0 Å². The second-order valence-electron chi connectivity index (χ2n) is 3.32. The lowest BCUT2D eigenvalue weighted by atomic mass is 10.0. The molecule has 1 aliphatic rings. The zero-order valence-electron chi connectivity index (χ0n) is 8.43. The Labute approximate surface area is 93.0 Å². The molecule has 1 heterocycles. The van der Waals surface area contributed by atoms with Crippen LogP contribution in [0.4, 0.5) is 0 Å². The van der Waals surface area contributed by atoms with Crippen LogP contribution in [0.15, 0.2) is 35.3 Å². The first-order valence-corrected chi connectivity index (χ1v) is 5.98. The number of benzene rings is 1. The van der Waals surface area contributed by atoms with Crippen molar-refractivity contribution in [3.05, 3.63) is 35.9 Å². The number of hydrogen-bond acceptors (Lipinski definition) is 3. The predicted molar refractivity (Wildman–Crippen MR) is 62.9 cm³/mol. The summed E-state index contributed by atoms with van der Waals surface area (Å²) in [6.07, 6.45) is 2.35. The van der Waals surface area contributed by atoms with E-state index in [1.165, 1.54) is 11.8 Å². The van der Waals surface area contributed by atoms with Crippen molar-refractivity contribution < 1.29 is 4.79 Å². The van der Waals surface area contributed by atoms with E-state index in [1.807, 2.05) is 36.6 Å². The second kappa shape index (κ2) is 4.49. The van der Waals surface area contributed by atoms with Gasteiger partial charge in [0.05, 0.1) is 12.5 Å². The topological polar surface area (TPSA) is 41.5 Å². The number of amides is 1. The molecule has 1 unspecified atom stereocenters. The number of carbonyl (C=O) groups excluding carboxylic acids is 1. The van der Waals surface area contributed by atoms with E-state index in [1.54, 1.807) is 0 Å². The van der Waals surface area contributed by atoms with E-state index in [0.717, 1.165) is 5.56 Å². The van der Waals surface area contributed by atoms with Crippen molar-refractivity contribution in [3.63, 3.8) is 0 Å². The third kappa shape index (κ3) is 2.39. The average Bonchev–Trinajstić information content (AvgIpc) is 2.29. The molecule has 1 aromatic rings. The van der Waals surface area contributed by atoms with Crippen LogP contribution in [0, 0.1) is 0 Å². The molecule has 1 N–H and O–H groups in total. The maximum Gasteiger partial charge on any atom is 0.228 e. The Morgan fingerprint density at radius 2 is 2.13 bits per heavy atom. The smallest absolute Gasteiger partial charge is 0.228 e. The van der Waals surface area contributed by atoms with Crippen LogP contribution in [-0.2, 0) is 4.79 Å². The van der Waals surface area contributed by atoms with Crippen LogP contribution < -0.4 is 5.32 Å². The van der Waals surface area contributed by atoms with Crippen molar-refractivity contribution in [3.8, 4) is 0 Å². The summed E-state index contributed by atoms with van der Waals surface area (Å²) >= 11 is 1.47. The molecule has 0 aromatic heterocycles. The number of amidine groups is 1. The molecule has 0 radical (unpaired) electrons. The van der Waals surface area contributed by atoms with E-state index >= 15 is 0 Å². The highest BCUT2D eigenvalue weighted by molar-refractivity contribution is 8.13. The zero-order valence-corrected chi connectivity index (χ0v) is 9.25. The van der Waals surface area contributed by atoms with Crippen LogP contribution in [0.2, 0.25) is 0 Å². The van der Waals surface area contributed by atoms with E-state index in [-0.39, 0.29) is 11.9 Å². The summed E-state index contributed by atoms with van der Waals surface area (Å²) < 4.78 is 0. The maximum atomic E-state index is 11.4. The van der Waals surface area contributed by atoms with E-state index in [4.69, 9.17) is 0 Å². The van der Waals surface area contributed by atoms with Gasteiger partial charge in [-0.1, -0.05) is 42.1 Å². The third-order valence-corrected chi connectivity index (χ3v) is 2.87. The molecule has 3 nitrogen and oxygen atoms in total. The Bertz CT molecular complexity index is 389. The van der Waals surface area contributed by atoms with Crippen LogP contribution in [0.1, 0.15) is 18.0 Å². The highest BCUT2D eigenvalue weighted by atomic mass is 32.2. The predicted octanol–water partition coefficient (Wildman–Crippen LogP) is 1.97. The molecule has 4 heteroatoms. The Hall–Kier alpha value is -1.29. The molecule has 1 atom stereocenters. The molecule has 15 heavy (non-hydrogen) atoms. The lowest BCUT2D eigenvalue weighted by Crippen LogP contribution is -2.33. The third-order valence-electron chi connectivity index (χ3n) is 2.28.